The lowest BCUT2D eigenvalue weighted by molar-refractivity contribution is -0.137. The summed E-state index contributed by atoms with van der Waals surface area (Å²) >= 11 is 0. The van der Waals surface area contributed by atoms with Crippen LogP contribution in [0.5, 0.6) is 0 Å². The fourth-order valence-corrected chi connectivity index (χ4v) is 2.07. The molecule has 17 heavy (non-hydrogen) atoms. The van der Waals surface area contributed by atoms with Gasteiger partial charge in [-0.15, -0.1) is 0 Å². The van der Waals surface area contributed by atoms with Crippen molar-refractivity contribution in [1.82, 2.24) is 10.1 Å². The number of carboxylic acid groups (broad SMARTS) is 1. The fourth-order valence-electron chi connectivity index (χ4n) is 2.07. The second-order valence-electron chi connectivity index (χ2n) is 4.22. The smallest absolute Gasteiger partial charge is 0.303 e. The van der Waals surface area contributed by atoms with Crippen LogP contribution in [-0.4, -0.2) is 40.1 Å². The van der Waals surface area contributed by atoms with Gasteiger partial charge < -0.3 is 14.5 Å². The number of rotatable bonds is 4. The summed E-state index contributed by atoms with van der Waals surface area (Å²) in [6.45, 7) is 1.27. The molecule has 1 amide bonds. The van der Waals surface area contributed by atoms with Gasteiger partial charge in [0.15, 0.2) is 5.69 Å². The highest BCUT2D eigenvalue weighted by Gasteiger charge is 2.28. The summed E-state index contributed by atoms with van der Waals surface area (Å²) in [7, 11) is 0. The predicted octanol–water partition coefficient (Wildman–Crippen LogP) is 1.00. The van der Waals surface area contributed by atoms with E-state index in [1.807, 2.05) is 0 Å². The van der Waals surface area contributed by atoms with E-state index in [2.05, 4.69) is 9.68 Å². The molecule has 1 aliphatic heterocycles. The molecular formula is C11H14N2O4. The Morgan fingerprint density at radius 1 is 1.59 bits per heavy atom. The molecule has 1 aromatic heterocycles. The van der Waals surface area contributed by atoms with Gasteiger partial charge in [-0.3, -0.25) is 9.59 Å². The number of hydrogen-bond donors (Lipinski definition) is 1. The van der Waals surface area contributed by atoms with Crippen molar-refractivity contribution in [3.8, 4) is 0 Å². The number of amides is 1. The van der Waals surface area contributed by atoms with Gasteiger partial charge in [0, 0.05) is 25.6 Å². The third-order valence-electron chi connectivity index (χ3n) is 3.00. The lowest BCUT2D eigenvalue weighted by Gasteiger charge is -2.14. The Bertz CT molecular complexity index is 402. The molecule has 92 valence electrons. The maximum atomic E-state index is 11.9. The van der Waals surface area contributed by atoms with E-state index in [0.717, 1.165) is 6.42 Å². The Hall–Kier alpha value is -1.85. The van der Waals surface area contributed by atoms with Gasteiger partial charge in [-0.2, -0.15) is 0 Å². The Kier molecular flexibility index (Phi) is 3.41. The summed E-state index contributed by atoms with van der Waals surface area (Å²) < 4.78 is 4.63. The molecular weight excluding hydrogens is 224 g/mol. The lowest BCUT2D eigenvalue weighted by atomic mass is 10.0. The third kappa shape index (κ3) is 2.83. The SMILES string of the molecule is O=C(O)CCC1CCN(C(=O)c2ccon2)C1. The number of carbonyl (C=O) groups is 2. The number of hydrogen-bond acceptors (Lipinski definition) is 4. The van der Waals surface area contributed by atoms with Crippen molar-refractivity contribution in [2.45, 2.75) is 19.3 Å². The number of carbonyl (C=O) groups excluding carboxylic acids is 1. The topological polar surface area (TPSA) is 83.6 Å². The second kappa shape index (κ2) is 4.99. The predicted molar refractivity (Wildman–Crippen MR) is 57.4 cm³/mol. The highest BCUT2D eigenvalue weighted by molar-refractivity contribution is 5.92. The van der Waals surface area contributed by atoms with Crippen LogP contribution in [0.2, 0.25) is 0 Å². The number of likely N-dealkylation sites (tertiary alicyclic amines) is 1. The largest absolute Gasteiger partial charge is 0.481 e. The number of carboxylic acids is 1. The molecule has 2 rings (SSSR count). The minimum atomic E-state index is -0.786. The van der Waals surface area contributed by atoms with E-state index in [-0.39, 0.29) is 18.2 Å². The van der Waals surface area contributed by atoms with Crippen LogP contribution in [0.15, 0.2) is 16.9 Å². The Morgan fingerprint density at radius 2 is 2.41 bits per heavy atom. The molecule has 1 aromatic rings. The average Bonchev–Trinajstić information content (AvgIpc) is 2.97. The van der Waals surface area contributed by atoms with Gasteiger partial charge in [-0.25, -0.2) is 0 Å². The molecule has 1 aliphatic rings. The Labute approximate surface area is 98.2 Å². The molecule has 1 unspecified atom stereocenters. The second-order valence-corrected chi connectivity index (χ2v) is 4.22. The van der Waals surface area contributed by atoms with E-state index in [9.17, 15) is 9.59 Å². The highest BCUT2D eigenvalue weighted by Crippen LogP contribution is 2.22. The average molecular weight is 238 g/mol. The van der Waals surface area contributed by atoms with E-state index in [0.29, 0.717) is 25.2 Å². The van der Waals surface area contributed by atoms with Crippen LogP contribution in [0.25, 0.3) is 0 Å². The molecule has 2 heterocycles. The number of nitrogens with zero attached hydrogens (tertiary/aromatic N) is 2. The number of aliphatic carboxylic acids is 1. The van der Waals surface area contributed by atoms with Crippen LogP contribution in [0.1, 0.15) is 29.8 Å². The molecule has 0 spiro atoms. The number of aromatic nitrogens is 1. The van der Waals surface area contributed by atoms with E-state index in [1.165, 1.54) is 12.3 Å². The summed E-state index contributed by atoms with van der Waals surface area (Å²) in [6.07, 6.45) is 3.01. The van der Waals surface area contributed by atoms with Crippen LogP contribution in [0.4, 0.5) is 0 Å². The van der Waals surface area contributed by atoms with Crippen molar-refractivity contribution in [3.05, 3.63) is 18.0 Å². The van der Waals surface area contributed by atoms with E-state index in [4.69, 9.17) is 5.11 Å². The lowest BCUT2D eigenvalue weighted by Crippen LogP contribution is -2.29. The first-order chi connectivity index (χ1) is 8.16. The molecule has 6 nitrogen and oxygen atoms in total. The van der Waals surface area contributed by atoms with Gasteiger partial charge in [0.2, 0.25) is 0 Å². The van der Waals surface area contributed by atoms with Gasteiger partial charge in [0.25, 0.3) is 5.91 Å². The zero-order valence-electron chi connectivity index (χ0n) is 9.33. The summed E-state index contributed by atoms with van der Waals surface area (Å²) in [5.41, 5.74) is 0.309. The first-order valence-corrected chi connectivity index (χ1v) is 5.58. The first kappa shape index (κ1) is 11.6. The van der Waals surface area contributed by atoms with Crippen molar-refractivity contribution in [2.75, 3.05) is 13.1 Å². The summed E-state index contributed by atoms with van der Waals surface area (Å²) in [5, 5.41) is 12.2. The maximum absolute atomic E-state index is 11.9. The minimum Gasteiger partial charge on any atom is -0.481 e. The molecule has 0 bridgehead atoms. The molecule has 6 heteroatoms. The summed E-state index contributed by atoms with van der Waals surface area (Å²) in [6, 6.07) is 1.53. The van der Waals surface area contributed by atoms with Crippen molar-refractivity contribution in [2.24, 2.45) is 5.92 Å². The molecule has 0 radical (unpaired) electrons. The van der Waals surface area contributed by atoms with E-state index >= 15 is 0 Å². The molecule has 1 saturated heterocycles. The summed E-state index contributed by atoms with van der Waals surface area (Å²) in [5.74, 6) is -0.648. The van der Waals surface area contributed by atoms with Crippen molar-refractivity contribution in [3.63, 3.8) is 0 Å². The third-order valence-corrected chi connectivity index (χ3v) is 3.00. The zero-order valence-corrected chi connectivity index (χ0v) is 9.33. The van der Waals surface area contributed by atoms with Gasteiger partial charge in [0.05, 0.1) is 0 Å². The maximum Gasteiger partial charge on any atom is 0.303 e. The minimum absolute atomic E-state index is 0.142. The Balaban J connectivity index is 1.85. The van der Waals surface area contributed by atoms with Crippen molar-refractivity contribution in [1.29, 1.82) is 0 Å². The molecule has 0 aromatic carbocycles. The Morgan fingerprint density at radius 3 is 3.06 bits per heavy atom. The van der Waals surface area contributed by atoms with Gasteiger partial charge >= 0.3 is 5.97 Å². The van der Waals surface area contributed by atoms with Crippen LogP contribution in [0, 0.1) is 5.92 Å². The van der Waals surface area contributed by atoms with Gasteiger partial charge in [-0.1, -0.05) is 5.16 Å². The molecule has 1 fully saturated rings. The molecule has 0 aliphatic carbocycles. The van der Waals surface area contributed by atoms with E-state index in [1.54, 1.807) is 4.90 Å². The summed E-state index contributed by atoms with van der Waals surface area (Å²) in [4.78, 5) is 24.0. The monoisotopic (exact) mass is 238 g/mol. The van der Waals surface area contributed by atoms with Gasteiger partial charge in [0.1, 0.15) is 6.26 Å². The zero-order chi connectivity index (χ0) is 12.3. The van der Waals surface area contributed by atoms with E-state index < -0.39 is 5.97 Å². The fraction of sp³-hybridized carbons (Fsp3) is 0.545. The molecule has 1 N–H and O–H groups in total. The normalized spacial score (nSPS) is 19.5. The quantitative estimate of drug-likeness (QED) is 0.846. The standard InChI is InChI=1S/C11H14N2O4/c14-10(15)2-1-8-3-5-13(7-8)11(16)9-4-6-17-12-9/h4,6,8H,1-3,5,7H2,(H,14,15). The molecule has 0 saturated carbocycles. The van der Waals surface area contributed by atoms with Crippen molar-refractivity contribution < 1.29 is 19.2 Å². The van der Waals surface area contributed by atoms with Crippen LogP contribution >= 0.6 is 0 Å². The van der Waals surface area contributed by atoms with Crippen LogP contribution < -0.4 is 0 Å². The highest BCUT2D eigenvalue weighted by atomic mass is 16.5. The van der Waals surface area contributed by atoms with Crippen molar-refractivity contribution >= 4 is 11.9 Å². The van der Waals surface area contributed by atoms with Gasteiger partial charge in [-0.05, 0) is 18.8 Å². The van der Waals surface area contributed by atoms with Crippen LogP contribution in [0.3, 0.4) is 0 Å². The first-order valence-electron chi connectivity index (χ1n) is 5.58. The van der Waals surface area contributed by atoms with Crippen LogP contribution in [-0.2, 0) is 4.79 Å². The molecule has 1 atom stereocenters.